The maximum Gasteiger partial charge on any atom is 0.223 e. The van der Waals surface area contributed by atoms with E-state index in [1.165, 1.54) is 5.56 Å². The summed E-state index contributed by atoms with van der Waals surface area (Å²) in [5, 5.41) is 0. The molecule has 0 aliphatic carbocycles. The van der Waals surface area contributed by atoms with Crippen LogP contribution in [0.15, 0.2) is 30.3 Å². The SMILES string of the molecule is CC1(C)CN(C(=O)CCc2ccccc2)CC(CN)O1. The quantitative estimate of drug-likeness (QED) is 0.908. The lowest BCUT2D eigenvalue weighted by atomic mass is 10.0. The minimum atomic E-state index is -0.315. The molecule has 0 radical (unpaired) electrons. The zero-order valence-electron chi connectivity index (χ0n) is 12.3. The van der Waals surface area contributed by atoms with Crippen molar-refractivity contribution in [1.29, 1.82) is 0 Å². The van der Waals surface area contributed by atoms with Gasteiger partial charge in [0.1, 0.15) is 0 Å². The van der Waals surface area contributed by atoms with Gasteiger partial charge in [-0.3, -0.25) is 4.79 Å². The number of ether oxygens (including phenoxy) is 1. The number of carbonyl (C=O) groups is 1. The predicted octanol–water partition coefficient (Wildman–Crippen LogP) is 1.58. The molecule has 1 aromatic rings. The van der Waals surface area contributed by atoms with E-state index in [0.717, 1.165) is 6.42 Å². The van der Waals surface area contributed by atoms with Crippen LogP contribution in [-0.4, -0.2) is 42.1 Å². The van der Waals surface area contributed by atoms with Gasteiger partial charge in [0, 0.05) is 26.1 Å². The average Bonchev–Trinajstić information content (AvgIpc) is 2.44. The van der Waals surface area contributed by atoms with Crippen molar-refractivity contribution in [1.82, 2.24) is 4.90 Å². The molecule has 2 N–H and O–H groups in total. The van der Waals surface area contributed by atoms with Crippen molar-refractivity contribution >= 4 is 5.91 Å². The Balaban J connectivity index is 1.91. The topological polar surface area (TPSA) is 55.6 Å². The molecule has 0 bridgehead atoms. The van der Waals surface area contributed by atoms with Crippen LogP contribution in [-0.2, 0) is 16.0 Å². The molecule has 1 aliphatic heterocycles. The van der Waals surface area contributed by atoms with E-state index in [1.54, 1.807) is 0 Å². The summed E-state index contributed by atoms with van der Waals surface area (Å²) in [6.45, 7) is 5.70. The molecule has 1 heterocycles. The molecule has 0 aromatic heterocycles. The van der Waals surface area contributed by atoms with Gasteiger partial charge >= 0.3 is 0 Å². The monoisotopic (exact) mass is 276 g/mol. The fourth-order valence-electron chi connectivity index (χ4n) is 2.66. The van der Waals surface area contributed by atoms with Crippen molar-refractivity contribution < 1.29 is 9.53 Å². The number of hydrogen-bond donors (Lipinski definition) is 1. The number of amides is 1. The van der Waals surface area contributed by atoms with Crippen molar-refractivity contribution in [3.05, 3.63) is 35.9 Å². The molecule has 4 heteroatoms. The van der Waals surface area contributed by atoms with E-state index < -0.39 is 0 Å². The third-order valence-corrected chi connectivity index (χ3v) is 3.57. The molecule has 4 nitrogen and oxygen atoms in total. The zero-order chi connectivity index (χ0) is 14.6. The highest BCUT2D eigenvalue weighted by Gasteiger charge is 2.34. The van der Waals surface area contributed by atoms with Gasteiger partial charge in [0.2, 0.25) is 5.91 Å². The van der Waals surface area contributed by atoms with Crippen LogP contribution >= 0.6 is 0 Å². The van der Waals surface area contributed by atoms with Gasteiger partial charge in [0.15, 0.2) is 0 Å². The second kappa shape index (κ2) is 6.37. The van der Waals surface area contributed by atoms with Crippen LogP contribution < -0.4 is 5.73 Å². The van der Waals surface area contributed by atoms with Gasteiger partial charge in [0.05, 0.1) is 11.7 Å². The van der Waals surface area contributed by atoms with E-state index in [1.807, 2.05) is 36.9 Å². The Morgan fingerprint density at radius 2 is 2.10 bits per heavy atom. The standard InChI is InChI=1S/C16H24N2O2/c1-16(2)12-18(11-14(10-17)20-16)15(19)9-8-13-6-4-3-5-7-13/h3-7,14H,8-12,17H2,1-2H3. The van der Waals surface area contributed by atoms with E-state index in [4.69, 9.17) is 10.5 Å². The summed E-state index contributed by atoms with van der Waals surface area (Å²) in [5.41, 5.74) is 6.57. The van der Waals surface area contributed by atoms with E-state index >= 15 is 0 Å². The van der Waals surface area contributed by atoms with E-state index in [0.29, 0.717) is 26.1 Å². The lowest BCUT2D eigenvalue weighted by Crippen LogP contribution is -2.56. The van der Waals surface area contributed by atoms with Gasteiger partial charge in [0.25, 0.3) is 0 Å². The smallest absolute Gasteiger partial charge is 0.223 e. The summed E-state index contributed by atoms with van der Waals surface area (Å²) in [4.78, 5) is 14.2. The molecule has 1 atom stereocenters. The third kappa shape index (κ3) is 4.05. The molecular weight excluding hydrogens is 252 g/mol. The zero-order valence-corrected chi connectivity index (χ0v) is 12.3. The molecule has 1 aromatic carbocycles. The molecular formula is C16H24N2O2. The number of rotatable bonds is 4. The first-order chi connectivity index (χ1) is 9.50. The van der Waals surface area contributed by atoms with Crippen LogP contribution in [0.3, 0.4) is 0 Å². The van der Waals surface area contributed by atoms with Crippen molar-refractivity contribution in [3.8, 4) is 0 Å². The molecule has 110 valence electrons. The molecule has 1 fully saturated rings. The number of aryl methyl sites for hydroxylation is 1. The summed E-state index contributed by atoms with van der Waals surface area (Å²) >= 11 is 0. The van der Waals surface area contributed by atoms with Crippen LogP contribution in [0.5, 0.6) is 0 Å². The number of benzene rings is 1. The lowest BCUT2D eigenvalue weighted by molar-refractivity contribution is -0.159. The number of hydrogen-bond acceptors (Lipinski definition) is 3. The van der Waals surface area contributed by atoms with Crippen LogP contribution in [0.2, 0.25) is 0 Å². The van der Waals surface area contributed by atoms with Crippen LogP contribution in [0.1, 0.15) is 25.8 Å². The number of carbonyl (C=O) groups excluding carboxylic acids is 1. The third-order valence-electron chi connectivity index (χ3n) is 3.57. The number of nitrogens with zero attached hydrogens (tertiary/aromatic N) is 1. The van der Waals surface area contributed by atoms with Crippen LogP contribution in [0.25, 0.3) is 0 Å². The van der Waals surface area contributed by atoms with E-state index in [-0.39, 0.29) is 17.6 Å². The first-order valence-electron chi connectivity index (χ1n) is 7.20. The Morgan fingerprint density at radius 1 is 1.40 bits per heavy atom. The number of morpholine rings is 1. The van der Waals surface area contributed by atoms with E-state index in [9.17, 15) is 4.79 Å². The van der Waals surface area contributed by atoms with Gasteiger partial charge in [-0.1, -0.05) is 30.3 Å². The molecule has 0 saturated carbocycles. The second-order valence-electron chi connectivity index (χ2n) is 6.00. The second-order valence-corrected chi connectivity index (χ2v) is 6.00. The lowest BCUT2D eigenvalue weighted by Gasteiger charge is -2.42. The Labute approximate surface area is 120 Å². The van der Waals surface area contributed by atoms with Gasteiger partial charge in [-0.15, -0.1) is 0 Å². The minimum absolute atomic E-state index is 0.0561. The summed E-state index contributed by atoms with van der Waals surface area (Å²) in [6.07, 6.45) is 1.27. The molecule has 1 aliphatic rings. The van der Waals surface area contributed by atoms with Crippen molar-refractivity contribution in [2.24, 2.45) is 5.73 Å². The molecule has 1 unspecified atom stereocenters. The number of nitrogens with two attached hydrogens (primary N) is 1. The predicted molar refractivity (Wildman–Crippen MR) is 79.3 cm³/mol. The summed E-state index contributed by atoms with van der Waals surface area (Å²) < 4.78 is 5.85. The van der Waals surface area contributed by atoms with E-state index in [2.05, 4.69) is 12.1 Å². The highest BCUT2D eigenvalue weighted by molar-refractivity contribution is 5.76. The van der Waals surface area contributed by atoms with Gasteiger partial charge in [-0.2, -0.15) is 0 Å². The Hall–Kier alpha value is -1.39. The van der Waals surface area contributed by atoms with Crippen molar-refractivity contribution in [3.63, 3.8) is 0 Å². The maximum atomic E-state index is 12.4. The van der Waals surface area contributed by atoms with Crippen molar-refractivity contribution in [2.45, 2.75) is 38.4 Å². The molecule has 1 amide bonds. The van der Waals surface area contributed by atoms with Gasteiger partial charge in [-0.25, -0.2) is 0 Å². The van der Waals surface area contributed by atoms with Crippen LogP contribution in [0, 0.1) is 0 Å². The first kappa shape index (κ1) is 15.0. The fraction of sp³-hybridized carbons (Fsp3) is 0.562. The molecule has 1 saturated heterocycles. The Bertz CT molecular complexity index is 445. The van der Waals surface area contributed by atoms with Gasteiger partial charge < -0.3 is 15.4 Å². The van der Waals surface area contributed by atoms with Crippen LogP contribution in [0.4, 0.5) is 0 Å². The minimum Gasteiger partial charge on any atom is -0.367 e. The fourth-order valence-corrected chi connectivity index (χ4v) is 2.66. The first-order valence-corrected chi connectivity index (χ1v) is 7.20. The normalized spacial score (nSPS) is 21.8. The average molecular weight is 276 g/mol. The summed E-state index contributed by atoms with van der Waals surface area (Å²) in [7, 11) is 0. The van der Waals surface area contributed by atoms with Crippen molar-refractivity contribution in [2.75, 3.05) is 19.6 Å². The van der Waals surface area contributed by atoms with Gasteiger partial charge in [-0.05, 0) is 25.8 Å². The molecule has 20 heavy (non-hydrogen) atoms. The summed E-state index contributed by atoms with van der Waals surface area (Å²) in [6, 6.07) is 10.1. The molecule has 2 rings (SSSR count). The highest BCUT2D eigenvalue weighted by atomic mass is 16.5. The molecule has 0 spiro atoms. The Morgan fingerprint density at radius 3 is 2.75 bits per heavy atom. The summed E-state index contributed by atoms with van der Waals surface area (Å²) in [5.74, 6) is 0.184. The highest BCUT2D eigenvalue weighted by Crippen LogP contribution is 2.21. The maximum absolute atomic E-state index is 12.4. The largest absolute Gasteiger partial charge is 0.367 e. The Kier molecular flexibility index (Phi) is 4.78.